The summed E-state index contributed by atoms with van der Waals surface area (Å²) in [6.07, 6.45) is 0. The van der Waals surface area contributed by atoms with Crippen LogP contribution in [-0.4, -0.2) is 42.2 Å². The van der Waals surface area contributed by atoms with E-state index in [2.05, 4.69) is 5.32 Å². The Labute approximate surface area is 110 Å². The molecule has 2 rings (SSSR count). The number of hydrogen-bond acceptors (Lipinski definition) is 3. The van der Waals surface area contributed by atoms with E-state index in [9.17, 15) is 18.7 Å². The van der Waals surface area contributed by atoms with Crippen LogP contribution in [-0.2, 0) is 10.3 Å². The zero-order chi connectivity index (χ0) is 14.0. The minimum atomic E-state index is -1.56. The lowest BCUT2D eigenvalue weighted by atomic mass is 9.88. The first kappa shape index (κ1) is 13.9. The first-order valence-corrected chi connectivity index (χ1v) is 6.11. The molecule has 1 fully saturated rings. The van der Waals surface area contributed by atoms with Crippen molar-refractivity contribution in [2.45, 2.75) is 12.5 Å². The van der Waals surface area contributed by atoms with Crippen LogP contribution in [0.5, 0.6) is 0 Å². The Hall–Kier alpha value is -1.53. The van der Waals surface area contributed by atoms with Crippen molar-refractivity contribution in [2.24, 2.45) is 0 Å². The second-order valence-corrected chi connectivity index (χ2v) is 4.72. The van der Waals surface area contributed by atoms with E-state index in [0.717, 1.165) is 6.07 Å². The average Bonchev–Trinajstić information content (AvgIpc) is 2.42. The Kier molecular flexibility index (Phi) is 3.82. The lowest BCUT2D eigenvalue weighted by Gasteiger charge is -2.40. The molecule has 2 N–H and O–H groups in total. The number of hydrogen-bond donors (Lipinski definition) is 2. The maximum absolute atomic E-state index is 13.9. The van der Waals surface area contributed by atoms with Crippen molar-refractivity contribution in [3.05, 3.63) is 35.4 Å². The van der Waals surface area contributed by atoms with Crippen LogP contribution in [0.4, 0.5) is 8.78 Å². The van der Waals surface area contributed by atoms with Crippen LogP contribution >= 0.6 is 0 Å². The summed E-state index contributed by atoms with van der Waals surface area (Å²) < 4.78 is 27.3. The Morgan fingerprint density at radius 1 is 1.37 bits per heavy atom. The molecule has 1 aromatic rings. The highest BCUT2D eigenvalue weighted by molar-refractivity contribution is 5.80. The van der Waals surface area contributed by atoms with Crippen LogP contribution in [0.2, 0.25) is 0 Å². The molecule has 104 valence electrons. The van der Waals surface area contributed by atoms with Crippen molar-refractivity contribution in [3.8, 4) is 0 Å². The summed E-state index contributed by atoms with van der Waals surface area (Å²) in [6.45, 7) is 3.61. The average molecular weight is 270 g/mol. The second kappa shape index (κ2) is 5.22. The number of nitrogens with one attached hydrogen (secondary N) is 1. The van der Waals surface area contributed by atoms with Crippen molar-refractivity contribution in [1.29, 1.82) is 0 Å². The Balaban J connectivity index is 2.49. The lowest BCUT2D eigenvalue weighted by Crippen LogP contribution is -2.57. The zero-order valence-electron chi connectivity index (χ0n) is 10.6. The van der Waals surface area contributed by atoms with Crippen LogP contribution in [0.1, 0.15) is 12.5 Å². The summed E-state index contributed by atoms with van der Waals surface area (Å²) in [5.41, 5.74) is -1.70. The summed E-state index contributed by atoms with van der Waals surface area (Å²) >= 11 is 0. The fraction of sp³-hybridized carbons (Fsp3) is 0.462. The van der Waals surface area contributed by atoms with Gasteiger partial charge in [-0.15, -0.1) is 0 Å². The highest BCUT2D eigenvalue weighted by atomic mass is 19.2. The predicted octanol–water partition coefficient (Wildman–Crippen LogP) is 1.17. The molecule has 0 aromatic heterocycles. The van der Waals surface area contributed by atoms with Gasteiger partial charge in [-0.25, -0.2) is 13.6 Å². The molecule has 1 heterocycles. The molecular formula is C13H16F2N2O2. The van der Waals surface area contributed by atoms with Gasteiger partial charge in [0.05, 0.1) is 0 Å². The number of rotatable bonds is 3. The minimum absolute atomic E-state index is 0.137. The van der Waals surface area contributed by atoms with Crippen LogP contribution in [0, 0.1) is 11.6 Å². The van der Waals surface area contributed by atoms with E-state index in [1.807, 2.05) is 0 Å². The number of benzene rings is 1. The normalized spacial score (nSPS) is 19.9. The molecule has 0 bridgehead atoms. The largest absolute Gasteiger partial charge is 0.480 e. The van der Waals surface area contributed by atoms with Gasteiger partial charge in [0.2, 0.25) is 0 Å². The van der Waals surface area contributed by atoms with Gasteiger partial charge in [-0.3, -0.25) is 4.90 Å². The van der Waals surface area contributed by atoms with Crippen molar-refractivity contribution in [1.82, 2.24) is 10.2 Å². The first-order chi connectivity index (χ1) is 8.98. The van der Waals surface area contributed by atoms with Crippen molar-refractivity contribution in [2.75, 3.05) is 26.2 Å². The van der Waals surface area contributed by atoms with Gasteiger partial charge in [-0.05, 0) is 13.0 Å². The number of aliphatic carboxylic acids is 1. The third kappa shape index (κ3) is 2.33. The first-order valence-electron chi connectivity index (χ1n) is 6.11. The highest BCUT2D eigenvalue weighted by Crippen LogP contribution is 2.31. The molecule has 1 aliphatic rings. The number of halogens is 2. The maximum Gasteiger partial charge on any atom is 0.328 e. The monoisotopic (exact) mass is 270 g/mol. The third-order valence-electron chi connectivity index (χ3n) is 3.64. The summed E-state index contributed by atoms with van der Waals surface area (Å²) in [6, 6.07) is 3.64. The number of carboxylic acid groups (broad SMARTS) is 1. The van der Waals surface area contributed by atoms with Crippen molar-refractivity contribution < 1.29 is 18.7 Å². The third-order valence-corrected chi connectivity index (χ3v) is 3.64. The van der Waals surface area contributed by atoms with Crippen LogP contribution in [0.15, 0.2) is 18.2 Å². The van der Waals surface area contributed by atoms with Crippen LogP contribution < -0.4 is 5.32 Å². The molecule has 1 atom stereocenters. The second-order valence-electron chi connectivity index (χ2n) is 4.72. The molecule has 0 spiro atoms. The molecule has 6 heteroatoms. The summed E-state index contributed by atoms with van der Waals surface area (Å²) in [4.78, 5) is 13.3. The van der Waals surface area contributed by atoms with Crippen LogP contribution in [0.25, 0.3) is 0 Å². The predicted molar refractivity (Wildman–Crippen MR) is 65.8 cm³/mol. The molecule has 4 nitrogen and oxygen atoms in total. The SMILES string of the molecule is CC(C(=O)O)(c1cccc(F)c1F)N1CCNCC1. The van der Waals surface area contributed by atoms with E-state index in [4.69, 9.17) is 0 Å². The summed E-state index contributed by atoms with van der Waals surface area (Å²) in [5.74, 6) is -3.30. The standard InChI is InChI=1S/C13H16F2N2O2/c1-13(12(18)19,17-7-5-16-6-8-17)9-3-2-4-10(14)11(9)15/h2-4,16H,5-8H2,1H3,(H,18,19). The van der Waals surface area contributed by atoms with E-state index in [1.165, 1.54) is 19.1 Å². The maximum atomic E-state index is 13.9. The number of piperazine rings is 1. The van der Waals surface area contributed by atoms with Gasteiger partial charge in [0.15, 0.2) is 11.6 Å². The molecule has 1 aromatic carbocycles. The molecule has 0 radical (unpaired) electrons. The number of carbonyl (C=O) groups is 1. The topological polar surface area (TPSA) is 52.6 Å². The Morgan fingerprint density at radius 2 is 2.00 bits per heavy atom. The van der Waals surface area contributed by atoms with Gasteiger partial charge >= 0.3 is 5.97 Å². The lowest BCUT2D eigenvalue weighted by molar-refractivity contribution is -0.152. The molecule has 1 aliphatic heterocycles. The van der Waals surface area contributed by atoms with Gasteiger partial charge in [0, 0.05) is 31.7 Å². The van der Waals surface area contributed by atoms with Crippen molar-refractivity contribution in [3.63, 3.8) is 0 Å². The van der Waals surface area contributed by atoms with Gasteiger partial charge in [-0.2, -0.15) is 0 Å². The van der Waals surface area contributed by atoms with E-state index in [0.29, 0.717) is 26.2 Å². The highest BCUT2D eigenvalue weighted by Gasteiger charge is 2.44. The molecular weight excluding hydrogens is 254 g/mol. The van der Waals surface area contributed by atoms with E-state index in [-0.39, 0.29) is 5.56 Å². The van der Waals surface area contributed by atoms with E-state index >= 15 is 0 Å². The van der Waals surface area contributed by atoms with E-state index < -0.39 is 23.1 Å². The quantitative estimate of drug-likeness (QED) is 0.865. The van der Waals surface area contributed by atoms with Gasteiger partial charge in [0.25, 0.3) is 0 Å². The Bertz CT molecular complexity index is 490. The molecule has 0 aliphatic carbocycles. The molecule has 0 saturated carbocycles. The Morgan fingerprint density at radius 3 is 2.58 bits per heavy atom. The van der Waals surface area contributed by atoms with Crippen LogP contribution in [0.3, 0.4) is 0 Å². The van der Waals surface area contributed by atoms with Gasteiger partial charge in [0.1, 0.15) is 5.54 Å². The smallest absolute Gasteiger partial charge is 0.328 e. The van der Waals surface area contributed by atoms with E-state index in [1.54, 1.807) is 4.90 Å². The van der Waals surface area contributed by atoms with Crippen molar-refractivity contribution >= 4 is 5.97 Å². The molecule has 1 saturated heterocycles. The number of carboxylic acids is 1. The fourth-order valence-corrected chi connectivity index (χ4v) is 2.41. The number of nitrogens with zero attached hydrogens (tertiary/aromatic N) is 1. The summed E-state index contributed by atoms with van der Waals surface area (Å²) in [7, 11) is 0. The molecule has 19 heavy (non-hydrogen) atoms. The zero-order valence-corrected chi connectivity index (χ0v) is 10.6. The molecule has 1 unspecified atom stereocenters. The van der Waals surface area contributed by atoms with Gasteiger partial charge in [-0.1, -0.05) is 12.1 Å². The van der Waals surface area contributed by atoms with Gasteiger partial charge < -0.3 is 10.4 Å². The molecule has 0 amide bonds. The fourth-order valence-electron chi connectivity index (χ4n) is 2.41. The minimum Gasteiger partial charge on any atom is -0.480 e. The summed E-state index contributed by atoms with van der Waals surface area (Å²) in [5, 5.41) is 12.6.